The van der Waals surface area contributed by atoms with Crippen molar-refractivity contribution in [2.45, 2.75) is 32.6 Å². The summed E-state index contributed by atoms with van der Waals surface area (Å²) in [5.74, 6) is 0.891. The molecule has 1 aromatic heterocycles. The average molecular weight is 304 g/mol. The molecule has 0 aromatic carbocycles. The lowest BCUT2D eigenvalue weighted by atomic mass is 9.99. The van der Waals surface area contributed by atoms with Crippen LogP contribution in [-0.2, 0) is 11.2 Å². The fourth-order valence-corrected chi connectivity index (χ4v) is 3.05. The zero-order valence-corrected chi connectivity index (χ0v) is 11.9. The second-order valence-corrected chi connectivity index (χ2v) is 6.08. The predicted octanol–water partition coefficient (Wildman–Crippen LogP) is 3.39. The Morgan fingerprint density at radius 2 is 2.31 bits per heavy atom. The smallest absolute Gasteiger partial charge is 0.138 e. The van der Waals surface area contributed by atoms with Crippen LogP contribution in [0.1, 0.15) is 31.1 Å². The van der Waals surface area contributed by atoms with Gasteiger partial charge < -0.3 is 5.73 Å². The first-order valence-electron chi connectivity index (χ1n) is 5.56. The summed E-state index contributed by atoms with van der Waals surface area (Å²) in [5, 5.41) is 2.01. The second kappa shape index (κ2) is 7.20. The van der Waals surface area contributed by atoms with Crippen molar-refractivity contribution in [1.29, 1.82) is 0 Å². The molecule has 0 spiro atoms. The highest BCUT2D eigenvalue weighted by Crippen LogP contribution is 2.21. The van der Waals surface area contributed by atoms with Gasteiger partial charge in [0, 0.05) is 27.6 Å². The zero-order chi connectivity index (χ0) is 12.0. The van der Waals surface area contributed by atoms with Crippen LogP contribution in [-0.4, -0.2) is 12.3 Å². The molecule has 1 aromatic rings. The number of hydrogen-bond donors (Lipinski definition) is 1. The quantitative estimate of drug-likeness (QED) is 0.839. The molecule has 1 rings (SSSR count). The van der Waals surface area contributed by atoms with Gasteiger partial charge in [0.15, 0.2) is 0 Å². The van der Waals surface area contributed by atoms with Crippen molar-refractivity contribution in [2.24, 2.45) is 11.7 Å². The van der Waals surface area contributed by atoms with Gasteiger partial charge in [-0.3, -0.25) is 4.79 Å². The predicted molar refractivity (Wildman–Crippen MR) is 72.8 cm³/mol. The molecule has 2 nitrogen and oxygen atoms in total. The number of hydrogen-bond acceptors (Lipinski definition) is 3. The summed E-state index contributed by atoms with van der Waals surface area (Å²) in [7, 11) is 0. The maximum absolute atomic E-state index is 11.7. The van der Waals surface area contributed by atoms with Gasteiger partial charge in [0.1, 0.15) is 5.78 Å². The van der Waals surface area contributed by atoms with Gasteiger partial charge in [-0.05, 0) is 47.3 Å². The highest BCUT2D eigenvalue weighted by atomic mass is 79.9. The van der Waals surface area contributed by atoms with Crippen LogP contribution >= 0.6 is 27.3 Å². The number of nitrogens with two attached hydrogens (primary N) is 1. The number of halogens is 1. The first-order chi connectivity index (χ1) is 7.61. The van der Waals surface area contributed by atoms with Gasteiger partial charge in [-0.15, -0.1) is 11.3 Å². The van der Waals surface area contributed by atoms with Crippen LogP contribution in [0.5, 0.6) is 0 Å². The Morgan fingerprint density at radius 3 is 2.88 bits per heavy atom. The Hall–Kier alpha value is -0.190. The van der Waals surface area contributed by atoms with E-state index < -0.39 is 0 Å². The van der Waals surface area contributed by atoms with Crippen LogP contribution in [0.25, 0.3) is 0 Å². The third kappa shape index (κ3) is 5.23. The topological polar surface area (TPSA) is 43.1 Å². The van der Waals surface area contributed by atoms with Crippen molar-refractivity contribution in [3.63, 3.8) is 0 Å². The molecule has 0 fully saturated rings. The summed E-state index contributed by atoms with van der Waals surface area (Å²) in [6.45, 7) is 2.87. The highest BCUT2D eigenvalue weighted by molar-refractivity contribution is 9.10. The number of thiophene rings is 1. The lowest BCUT2D eigenvalue weighted by molar-refractivity contribution is -0.118. The molecule has 16 heavy (non-hydrogen) atoms. The summed E-state index contributed by atoms with van der Waals surface area (Å²) in [6.07, 6.45) is 3.22. The standard InChI is InChI=1S/C12H18BrNOS/c1-9(4-5-14)2-3-11(15)7-12-6-10(13)8-16-12/h6,8-9H,2-5,7,14H2,1H3. The van der Waals surface area contributed by atoms with Gasteiger partial charge in [-0.1, -0.05) is 6.92 Å². The Balaban J connectivity index is 2.26. The van der Waals surface area contributed by atoms with Crippen molar-refractivity contribution in [1.82, 2.24) is 0 Å². The Kier molecular flexibility index (Phi) is 6.24. The van der Waals surface area contributed by atoms with Crippen molar-refractivity contribution in [3.8, 4) is 0 Å². The van der Waals surface area contributed by atoms with Gasteiger partial charge in [0.25, 0.3) is 0 Å². The normalized spacial score (nSPS) is 12.7. The van der Waals surface area contributed by atoms with Crippen LogP contribution in [0.3, 0.4) is 0 Å². The largest absolute Gasteiger partial charge is 0.330 e. The van der Waals surface area contributed by atoms with E-state index in [1.165, 1.54) is 0 Å². The minimum absolute atomic E-state index is 0.332. The average Bonchev–Trinajstić information content (AvgIpc) is 2.61. The maximum atomic E-state index is 11.7. The molecule has 2 N–H and O–H groups in total. The minimum Gasteiger partial charge on any atom is -0.330 e. The van der Waals surface area contributed by atoms with E-state index in [0.717, 1.165) is 22.2 Å². The summed E-state index contributed by atoms with van der Waals surface area (Å²) in [5.41, 5.74) is 5.47. The monoisotopic (exact) mass is 303 g/mol. The first kappa shape index (κ1) is 13.9. The molecule has 0 aliphatic carbocycles. The van der Waals surface area contributed by atoms with Crippen LogP contribution in [0.4, 0.5) is 0 Å². The number of ketones is 1. The highest BCUT2D eigenvalue weighted by Gasteiger charge is 2.08. The van der Waals surface area contributed by atoms with Gasteiger partial charge >= 0.3 is 0 Å². The van der Waals surface area contributed by atoms with Gasteiger partial charge in [-0.2, -0.15) is 0 Å². The van der Waals surface area contributed by atoms with E-state index in [0.29, 0.717) is 31.1 Å². The number of carbonyl (C=O) groups is 1. The summed E-state index contributed by atoms with van der Waals surface area (Å²) in [4.78, 5) is 12.8. The Labute approximate surface area is 109 Å². The molecule has 0 aliphatic heterocycles. The van der Waals surface area contributed by atoms with Crippen molar-refractivity contribution in [2.75, 3.05) is 6.54 Å². The molecule has 0 bridgehead atoms. The Bertz CT molecular complexity index is 338. The molecule has 4 heteroatoms. The fraction of sp³-hybridized carbons (Fsp3) is 0.583. The molecule has 1 heterocycles. The Morgan fingerprint density at radius 1 is 1.56 bits per heavy atom. The van der Waals surface area contributed by atoms with Gasteiger partial charge in [0.2, 0.25) is 0 Å². The van der Waals surface area contributed by atoms with E-state index >= 15 is 0 Å². The van der Waals surface area contributed by atoms with E-state index in [2.05, 4.69) is 22.9 Å². The molecule has 1 unspecified atom stereocenters. The molecule has 1 atom stereocenters. The SMILES string of the molecule is CC(CCN)CCC(=O)Cc1cc(Br)cs1. The third-order valence-electron chi connectivity index (χ3n) is 2.57. The molecular weight excluding hydrogens is 286 g/mol. The third-order valence-corrected chi connectivity index (χ3v) is 4.27. The first-order valence-corrected chi connectivity index (χ1v) is 7.23. The molecule has 0 saturated heterocycles. The lowest BCUT2D eigenvalue weighted by Crippen LogP contribution is -2.09. The maximum Gasteiger partial charge on any atom is 0.138 e. The minimum atomic E-state index is 0.332. The van der Waals surface area contributed by atoms with E-state index in [9.17, 15) is 4.79 Å². The summed E-state index contributed by atoms with van der Waals surface area (Å²) < 4.78 is 1.07. The number of rotatable bonds is 7. The molecule has 0 amide bonds. The van der Waals surface area contributed by atoms with E-state index in [4.69, 9.17) is 5.73 Å². The van der Waals surface area contributed by atoms with Crippen LogP contribution < -0.4 is 5.73 Å². The molecule has 0 aliphatic rings. The van der Waals surface area contributed by atoms with Crippen molar-refractivity contribution < 1.29 is 4.79 Å². The van der Waals surface area contributed by atoms with Gasteiger partial charge in [-0.25, -0.2) is 0 Å². The van der Waals surface area contributed by atoms with Crippen molar-refractivity contribution >= 4 is 33.0 Å². The zero-order valence-electron chi connectivity index (χ0n) is 9.54. The summed E-state index contributed by atoms with van der Waals surface area (Å²) in [6, 6.07) is 2.02. The van der Waals surface area contributed by atoms with E-state index in [-0.39, 0.29) is 0 Å². The van der Waals surface area contributed by atoms with Crippen molar-refractivity contribution in [3.05, 3.63) is 20.8 Å². The molecular formula is C12H18BrNOS. The van der Waals surface area contributed by atoms with E-state index in [1.54, 1.807) is 11.3 Å². The molecule has 0 saturated carbocycles. The number of carbonyl (C=O) groups excluding carboxylic acids is 1. The summed E-state index contributed by atoms with van der Waals surface area (Å²) >= 11 is 5.02. The second-order valence-electron chi connectivity index (χ2n) is 4.17. The fourth-order valence-electron chi connectivity index (χ4n) is 1.57. The van der Waals surface area contributed by atoms with Gasteiger partial charge in [0.05, 0.1) is 0 Å². The van der Waals surface area contributed by atoms with Crippen LogP contribution in [0, 0.1) is 5.92 Å². The molecule has 0 radical (unpaired) electrons. The lowest BCUT2D eigenvalue weighted by Gasteiger charge is -2.08. The number of Topliss-reactive ketones (excluding diaryl/α,β-unsaturated/α-hetero) is 1. The van der Waals surface area contributed by atoms with Crippen LogP contribution in [0.15, 0.2) is 15.9 Å². The molecule has 90 valence electrons. The van der Waals surface area contributed by atoms with E-state index in [1.807, 2.05) is 11.4 Å². The van der Waals surface area contributed by atoms with Crippen LogP contribution in [0.2, 0.25) is 0 Å².